The molecule has 0 aliphatic rings. The summed E-state index contributed by atoms with van der Waals surface area (Å²) in [6.45, 7) is 4.06. The van der Waals surface area contributed by atoms with Crippen molar-refractivity contribution >= 4 is 138 Å². The molecule has 37 nitrogen and oxygen atoms in total. The molecule has 0 saturated carbocycles. The first-order chi connectivity index (χ1) is 43.5. The lowest BCUT2D eigenvalue weighted by atomic mass is 10.0. The second-order valence-corrected chi connectivity index (χ2v) is 23.1. The van der Waals surface area contributed by atoms with Crippen molar-refractivity contribution in [1.29, 1.82) is 0 Å². The lowest BCUT2D eigenvalue weighted by Crippen LogP contribution is -2.62. The van der Waals surface area contributed by atoms with Crippen LogP contribution in [0.15, 0.2) is 0 Å². The molecule has 0 aliphatic carbocycles. The average Bonchev–Trinajstić information content (AvgIpc) is 1.10. The number of hydrogen-bond donors (Lipinski definition) is 22. The van der Waals surface area contributed by atoms with Crippen molar-refractivity contribution in [2.75, 3.05) is 49.8 Å². The standard InChI is InChI=1S/C53H89N15O22S3/c1-24(2)17-32(43(55)80)65-47(84)30(11-13-40(76)77)64-52(89)36(23-92)61-38(73)20-57-46(83)33(18-41(78)79)66-48(85)31(14-16-93-6)60-37(72)19-56-45(82)29(10-12-39(74)75)63-50(87)34(21-69)67-53(90)42(26(4)70)68-49(86)28(9-7-8-15-54)62-44(81)25(3)58-51(88)35(22-91)59-27(5)71/h24-26,28-36,42,69-70,91-92H,7-23,54H2,1-6H3,(H2,55,80)(H,56,82)(H,57,83)(H,58,88)(H,59,71)(H,60,72)(H,61,73)(H,62,81)(H,63,87)(H,64,89)(H,65,84)(H,66,85)(H,67,90)(H,68,86)(H,74,75)(H,76,77)(H,78,79)/t25-,26+,28-,29-,30-,31-,32-,33-,34-,35-,36-,42-/m0/s1. The van der Waals surface area contributed by atoms with Gasteiger partial charge in [0.1, 0.15) is 66.5 Å². The number of unbranched alkanes of at least 4 members (excludes halogenated alkanes) is 1. The van der Waals surface area contributed by atoms with Crippen LogP contribution in [-0.4, -0.2) is 248 Å². The van der Waals surface area contributed by atoms with Gasteiger partial charge in [0.05, 0.1) is 32.2 Å². The van der Waals surface area contributed by atoms with Gasteiger partial charge in [0.15, 0.2) is 0 Å². The fourth-order valence-corrected chi connectivity index (χ4v) is 9.01. The number of amides is 14. The van der Waals surface area contributed by atoms with Crippen LogP contribution in [0.2, 0.25) is 0 Å². The Balaban J connectivity index is 6.19. The Morgan fingerprint density at radius 3 is 1.32 bits per heavy atom. The number of nitrogens with two attached hydrogens (primary N) is 2. The van der Waals surface area contributed by atoms with Crippen LogP contribution >= 0.6 is 37.0 Å². The number of carbonyl (C=O) groups is 17. The lowest BCUT2D eigenvalue weighted by molar-refractivity contribution is -0.141. The van der Waals surface area contributed by atoms with Crippen molar-refractivity contribution in [3.8, 4) is 0 Å². The van der Waals surface area contributed by atoms with E-state index in [9.17, 15) is 107 Å². The molecule has 0 aromatic carbocycles. The normalized spacial score (nSPS) is 14.8. The fraction of sp³-hybridized carbons (Fsp3) is 0.679. The monoisotopic (exact) mass is 1380 g/mol. The Bertz CT molecular complexity index is 2630. The zero-order chi connectivity index (χ0) is 71.2. The van der Waals surface area contributed by atoms with Crippen molar-refractivity contribution in [3.63, 3.8) is 0 Å². The van der Waals surface area contributed by atoms with E-state index in [2.05, 4.69) is 94.4 Å². The van der Waals surface area contributed by atoms with Gasteiger partial charge in [-0.1, -0.05) is 13.8 Å². The third kappa shape index (κ3) is 35.0. The second-order valence-electron chi connectivity index (χ2n) is 21.4. The molecule has 526 valence electrons. The van der Waals surface area contributed by atoms with Crippen LogP contribution in [0.5, 0.6) is 0 Å². The van der Waals surface area contributed by atoms with Gasteiger partial charge in [-0.05, 0) is 83.3 Å². The minimum Gasteiger partial charge on any atom is -0.481 e. The Morgan fingerprint density at radius 1 is 0.462 bits per heavy atom. The summed E-state index contributed by atoms with van der Waals surface area (Å²) in [5, 5.41) is 78.4. The minimum absolute atomic E-state index is 0.0717. The van der Waals surface area contributed by atoms with E-state index in [1.807, 2.05) is 0 Å². The summed E-state index contributed by atoms with van der Waals surface area (Å²) in [7, 11) is 0. The summed E-state index contributed by atoms with van der Waals surface area (Å²) in [5.41, 5.74) is 11.0. The molecule has 0 aromatic heterocycles. The van der Waals surface area contributed by atoms with Crippen LogP contribution < -0.4 is 80.6 Å². The van der Waals surface area contributed by atoms with Crippen molar-refractivity contribution < 1.29 is 107 Å². The molecule has 93 heavy (non-hydrogen) atoms. The maximum atomic E-state index is 13.6. The Hall–Kier alpha value is -8.08. The molecule has 22 N–H and O–H groups in total. The van der Waals surface area contributed by atoms with Crippen LogP contribution in [0.3, 0.4) is 0 Å². The average molecular weight is 1380 g/mol. The number of primary amides is 1. The molecule has 0 unspecified atom stereocenters. The van der Waals surface area contributed by atoms with Crippen LogP contribution in [0.4, 0.5) is 0 Å². The van der Waals surface area contributed by atoms with Crippen LogP contribution in [0.1, 0.15) is 98.8 Å². The maximum absolute atomic E-state index is 13.6. The third-order valence-corrected chi connectivity index (χ3v) is 14.3. The van der Waals surface area contributed by atoms with Crippen molar-refractivity contribution in [1.82, 2.24) is 69.1 Å². The molecule has 0 aliphatic heterocycles. The van der Waals surface area contributed by atoms with Gasteiger partial charge >= 0.3 is 17.9 Å². The van der Waals surface area contributed by atoms with E-state index < -0.39 is 231 Å². The van der Waals surface area contributed by atoms with Crippen LogP contribution in [0.25, 0.3) is 0 Å². The number of carboxylic acid groups (broad SMARTS) is 3. The summed E-state index contributed by atoms with van der Waals surface area (Å²) < 4.78 is 0. The Morgan fingerprint density at radius 2 is 0.871 bits per heavy atom. The molecule has 0 aromatic rings. The van der Waals surface area contributed by atoms with Gasteiger partial charge < -0.3 is 106 Å². The van der Waals surface area contributed by atoms with E-state index in [-0.39, 0.29) is 49.7 Å². The van der Waals surface area contributed by atoms with Crippen molar-refractivity contribution in [2.45, 2.75) is 171 Å². The van der Waals surface area contributed by atoms with E-state index in [1.54, 1.807) is 20.1 Å². The van der Waals surface area contributed by atoms with Crippen molar-refractivity contribution in [3.05, 3.63) is 0 Å². The molecule has 12 atom stereocenters. The fourth-order valence-electron chi connectivity index (χ4n) is 8.03. The van der Waals surface area contributed by atoms with Gasteiger partial charge in [0.25, 0.3) is 0 Å². The third-order valence-electron chi connectivity index (χ3n) is 13.0. The number of carboxylic acids is 3. The quantitative estimate of drug-likeness (QED) is 0.0199. The topological polar surface area (TPSA) is 600 Å². The highest BCUT2D eigenvalue weighted by molar-refractivity contribution is 7.98. The van der Waals surface area contributed by atoms with Gasteiger partial charge in [0.2, 0.25) is 82.7 Å². The summed E-state index contributed by atoms with van der Waals surface area (Å²) in [6, 6.07) is -17.2. The second kappa shape index (κ2) is 45.3. The summed E-state index contributed by atoms with van der Waals surface area (Å²) in [6.07, 6.45) is -3.21. The Kier molecular flexibility index (Phi) is 41.3. The smallest absolute Gasteiger partial charge is 0.305 e. The highest BCUT2D eigenvalue weighted by Crippen LogP contribution is 2.10. The van der Waals surface area contributed by atoms with Gasteiger partial charge in [-0.3, -0.25) is 81.5 Å². The number of thioether (sulfide) groups is 1. The number of aliphatic hydroxyl groups is 2. The molecular weight excluding hydrogens is 1290 g/mol. The number of hydrogen-bond acceptors (Lipinski definition) is 23. The predicted molar refractivity (Wildman–Crippen MR) is 336 cm³/mol. The van der Waals surface area contributed by atoms with Gasteiger partial charge in [-0.25, -0.2) is 0 Å². The van der Waals surface area contributed by atoms with Gasteiger partial charge in [-0.2, -0.15) is 37.0 Å². The van der Waals surface area contributed by atoms with E-state index in [1.165, 1.54) is 18.7 Å². The zero-order valence-corrected chi connectivity index (χ0v) is 54.8. The SMILES string of the molecule is CSCC[C@H](NC(=O)CNC(=O)[C@H](CCC(=O)O)NC(=O)[C@H](CO)NC(=O)[C@@H](NC(=O)[C@H](CCCCN)NC(=O)[C@H](C)NC(=O)[C@H](CS)NC(C)=O)[C@@H](C)O)C(=O)N[C@@H](CC(=O)O)C(=O)NCC(=O)N[C@@H](CS)C(=O)N[C@@H](CCC(=O)O)C(=O)N[C@@H](CC(C)C)C(N)=O. The minimum atomic E-state index is -1.97. The number of carbonyl (C=O) groups excluding carboxylic acids is 14. The first kappa shape index (κ1) is 84.9. The molecule has 14 amide bonds. The van der Waals surface area contributed by atoms with Gasteiger partial charge in [0, 0.05) is 31.3 Å². The van der Waals surface area contributed by atoms with E-state index in [0.29, 0.717) is 6.42 Å². The molecule has 0 rings (SSSR count). The summed E-state index contributed by atoms with van der Waals surface area (Å²) in [5.74, 6) is -19.5. The molecule has 0 saturated heterocycles. The molecule has 0 fully saturated rings. The predicted octanol–water partition coefficient (Wildman–Crippen LogP) is -8.56. The van der Waals surface area contributed by atoms with Crippen LogP contribution in [-0.2, 0) is 81.5 Å². The molecule has 0 spiro atoms. The first-order valence-electron chi connectivity index (χ1n) is 29.0. The largest absolute Gasteiger partial charge is 0.481 e. The highest BCUT2D eigenvalue weighted by Gasteiger charge is 2.36. The molecule has 0 bridgehead atoms. The Labute approximate surface area is 550 Å². The molecule has 0 heterocycles. The molecule has 40 heteroatoms. The summed E-state index contributed by atoms with van der Waals surface area (Å²) in [4.78, 5) is 218. The van der Waals surface area contributed by atoms with Crippen LogP contribution in [0, 0.1) is 5.92 Å². The number of nitrogens with one attached hydrogen (secondary N) is 13. The molecular formula is C53H89N15O22S3. The van der Waals surface area contributed by atoms with Crippen molar-refractivity contribution in [2.24, 2.45) is 17.4 Å². The van der Waals surface area contributed by atoms with E-state index >= 15 is 0 Å². The zero-order valence-electron chi connectivity index (χ0n) is 52.2. The number of thiol groups is 2. The van der Waals surface area contributed by atoms with E-state index in [4.69, 9.17) is 11.5 Å². The molecule has 0 radical (unpaired) electrons. The number of aliphatic carboxylic acids is 3. The van der Waals surface area contributed by atoms with E-state index in [0.717, 1.165) is 13.8 Å². The summed E-state index contributed by atoms with van der Waals surface area (Å²) >= 11 is 9.26. The van der Waals surface area contributed by atoms with Gasteiger partial charge in [-0.15, -0.1) is 0 Å². The lowest BCUT2D eigenvalue weighted by Gasteiger charge is -2.27. The number of aliphatic hydroxyl groups excluding tert-OH is 2. The maximum Gasteiger partial charge on any atom is 0.305 e. The first-order valence-corrected chi connectivity index (χ1v) is 31.7. The number of rotatable bonds is 47. The highest BCUT2D eigenvalue weighted by atomic mass is 32.2.